The molecule has 0 bridgehead atoms. The molecule has 0 spiro atoms. The molecule has 0 N–H and O–H groups in total. The van der Waals surface area contributed by atoms with E-state index < -0.39 is 5.97 Å². The lowest BCUT2D eigenvalue weighted by Crippen LogP contribution is -2.24. The van der Waals surface area contributed by atoms with Crippen molar-refractivity contribution in [2.24, 2.45) is 0 Å². The molecule has 1 unspecified atom stereocenters. The molecule has 224 valence electrons. The predicted molar refractivity (Wildman–Crippen MR) is 137 cm³/mol. The van der Waals surface area contributed by atoms with Gasteiger partial charge in [0.05, 0.1) is 112 Å². The second kappa shape index (κ2) is 28.8. The van der Waals surface area contributed by atoms with Crippen LogP contribution in [0.3, 0.4) is 0 Å². The van der Waals surface area contributed by atoms with Gasteiger partial charge in [0.15, 0.2) is 6.29 Å². The van der Waals surface area contributed by atoms with Crippen LogP contribution in [0, 0.1) is 0 Å². The van der Waals surface area contributed by atoms with Crippen LogP contribution in [0.5, 0.6) is 0 Å². The van der Waals surface area contributed by atoms with Gasteiger partial charge in [0.1, 0.15) is 6.61 Å². The third kappa shape index (κ3) is 25.1. The van der Waals surface area contributed by atoms with Crippen LogP contribution >= 0.6 is 0 Å². The highest BCUT2D eigenvalue weighted by Gasteiger charge is 2.13. The molecular formula is C26H48O12. The molecule has 0 saturated carbocycles. The van der Waals surface area contributed by atoms with Crippen LogP contribution in [0.1, 0.15) is 19.3 Å². The van der Waals surface area contributed by atoms with Crippen LogP contribution in [0.15, 0.2) is 12.7 Å². The maximum absolute atomic E-state index is 10.8. The van der Waals surface area contributed by atoms with Crippen LogP contribution in [-0.4, -0.2) is 138 Å². The molecule has 1 saturated heterocycles. The van der Waals surface area contributed by atoms with Crippen molar-refractivity contribution in [1.82, 2.24) is 0 Å². The van der Waals surface area contributed by atoms with Crippen LogP contribution in [-0.2, 0) is 56.9 Å². The third-order valence-electron chi connectivity index (χ3n) is 4.91. The lowest BCUT2D eigenvalue weighted by Gasteiger charge is -2.22. The summed E-state index contributed by atoms with van der Waals surface area (Å²) in [6.07, 6.45) is 4.30. The fourth-order valence-electron chi connectivity index (χ4n) is 2.98. The molecule has 1 rings (SSSR count). The van der Waals surface area contributed by atoms with Gasteiger partial charge < -0.3 is 52.1 Å². The van der Waals surface area contributed by atoms with Gasteiger partial charge in [0.25, 0.3) is 0 Å². The summed E-state index contributed by atoms with van der Waals surface area (Å²) in [5, 5.41) is 0. The Morgan fingerprint density at radius 2 is 0.947 bits per heavy atom. The summed E-state index contributed by atoms with van der Waals surface area (Å²) in [5.41, 5.74) is 0. The summed E-state index contributed by atoms with van der Waals surface area (Å²) in [7, 11) is 0. The molecule has 0 aromatic rings. The van der Waals surface area contributed by atoms with E-state index in [1.54, 1.807) is 0 Å². The van der Waals surface area contributed by atoms with E-state index in [4.69, 9.17) is 52.1 Å². The summed E-state index contributed by atoms with van der Waals surface area (Å²) < 4.78 is 59.2. The highest BCUT2D eigenvalue weighted by atomic mass is 16.7. The molecule has 12 nitrogen and oxygen atoms in total. The second-order valence-electron chi connectivity index (χ2n) is 7.94. The molecule has 0 aromatic heterocycles. The van der Waals surface area contributed by atoms with Gasteiger partial charge in [-0.25, -0.2) is 4.79 Å². The Hall–Kier alpha value is -1.19. The minimum Gasteiger partial charge on any atom is -0.460 e. The fourth-order valence-corrected chi connectivity index (χ4v) is 2.98. The molecule has 1 atom stereocenters. The van der Waals surface area contributed by atoms with Gasteiger partial charge >= 0.3 is 5.97 Å². The SMILES string of the molecule is C=CC(=O)OCCOCCOCCOCCOCCOCCOCCOCCOCCOC1CCCCO1. The number of carbonyl (C=O) groups is 1. The Bertz CT molecular complexity index is 516. The summed E-state index contributed by atoms with van der Waals surface area (Å²) in [5.74, 6) is -0.456. The van der Waals surface area contributed by atoms with Crippen molar-refractivity contribution < 1.29 is 56.9 Å². The normalized spacial score (nSPS) is 15.5. The zero-order chi connectivity index (χ0) is 27.2. The summed E-state index contributed by atoms with van der Waals surface area (Å²) >= 11 is 0. The van der Waals surface area contributed by atoms with E-state index in [0.29, 0.717) is 112 Å². The zero-order valence-electron chi connectivity index (χ0n) is 22.8. The Morgan fingerprint density at radius 3 is 1.29 bits per heavy atom. The second-order valence-corrected chi connectivity index (χ2v) is 7.94. The zero-order valence-corrected chi connectivity index (χ0v) is 22.8. The van der Waals surface area contributed by atoms with Crippen molar-refractivity contribution in [3.63, 3.8) is 0 Å². The number of ether oxygens (including phenoxy) is 11. The number of hydrogen-bond donors (Lipinski definition) is 0. The van der Waals surface area contributed by atoms with E-state index in [1.807, 2.05) is 0 Å². The average molecular weight is 553 g/mol. The molecule has 0 amide bonds. The average Bonchev–Trinajstić information content (AvgIpc) is 2.94. The quantitative estimate of drug-likeness (QED) is 0.0758. The van der Waals surface area contributed by atoms with Crippen molar-refractivity contribution in [2.45, 2.75) is 25.6 Å². The van der Waals surface area contributed by atoms with Gasteiger partial charge in [-0.1, -0.05) is 6.58 Å². The highest BCUT2D eigenvalue weighted by Crippen LogP contribution is 2.13. The number of hydrogen-bond acceptors (Lipinski definition) is 12. The summed E-state index contributed by atoms with van der Waals surface area (Å²) in [4.78, 5) is 10.8. The molecule has 38 heavy (non-hydrogen) atoms. The number of rotatable bonds is 29. The minimum atomic E-state index is -0.456. The van der Waals surface area contributed by atoms with Gasteiger partial charge in [-0.3, -0.25) is 0 Å². The van der Waals surface area contributed by atoms with Crippen LogP contribution < -0.4 is 0 Å². The van der Waals surface area contributed by atoms with E-state index in [-0.39, 0.29) is 12.9 Å². The van der Waals surface area contributed by atoms with Crippen molar-refractivity contribution in [3.8, 4) is 0 Å². The lowest BCUT2D eigenvalue weighted by molar-refractivity contribution is -0.169. The van der Waals surface area contributed by atoms with Gasteiger partial charge in [-0.05, 0) is 19.3 Å². The first kappa shape index (κ1) is 34.8. The van der Waals surface area contributed by atoms with Crippen molar-refractivity contribution in [2.75, 3.05) is 126 Å². The first-order valence-electron chi connectivity index (χ1n) is 13.5. The molecule has 1 aliphatic rings. The van der Waals surface area contributed by atoms with Crippen molar-refractivity contribution >= 4 is 5.97 Å². The predicted octanol–water partition coefficient (Wildman–Crippen LogP) is 1.39. The Labute approximate surface area is 227 Å². The topological polar surface area (TPSA) is 119 Å². The fraction of sp³-hybridized carbons (Fsp3) is 0.885. The Kier molecular flexibility index (Phi) is 26.4. The first-order valence-corrected chi connectivity index (χ1v) is 13.5. The van der Waals surface area contributed by atoms with Crippen LogP contribution in [0.2, 0.25) is 0 Å². The van der Waals surface area contributed by atoms with Gasteiger partial charge in [-0.15, -0.1) is 0 Å². The van der Waals surface area contributed by atoms with E-state index in [0.717, 1.165) is 31.9 Å². The lowest BCUT2D eigenvalue weighted by atomic mass is 10.2. The van der Waals surface area contributed by atoms with E-state index in [1.165, 1.54) is 0 Å². The summed E-state index contributed by atoms with van der Waals surface area (Å²) in [6, 6.07) is 0. The van der Waals surface area contributed by atoms with Crippen molar-refractivity contribution in [1.29, 1.82) is 0 Å². The molecule has 1 aliphatic heterocycles. The maximum atomic E-state index is 10.8. The van der Waals surface area contributed by atoms with E-state index in [2.05, 4.69) is 6.58 Å². The largest absolute Gasteiger partial charge is 0.460 e. The van der Waals surface area contributed by atoms with Crippen molar-refractivity contribution in [3.05, 3.63) is 12.7 Å². The highest BCUT2D eigenvalue weighted by molar-refractivity contribution is 5.81. The van der Waals surface area contributed by atoms with Crippen LogP contribution in [0.4, 0.5) is 0 Å². The molecule has 0 radical (unpaired) electrons. The third-order valence-corrected chi connectivity index (χ3v) is 4.91. The van der Waals surface area contributed by atoms with E-state index >= 15 is 0 Å². The van der Waals surface area contributed by atoms with Gasteiger partial charge in [0.2, 0.25) is 0 Å². The Balaban J connectivity index is 1.62. The maximum Gasteiger partial charge on any atom is 0.330 e. The smallest absolute Gasteiger partial charge is 0.330 e. The first-order chi connectivity index (χ1) is 18.8. The molecular weight excluding hydrogens is 504 g/mol. The van der Waals surface area contributed by atoms with Gasteiger partial charge in [-0.2, -0.15) is 0 Å². The molecule has 1 fully saturated rings. The summed E-state index contributed by atoms with van der Waals surface area (Å²) in [6.45, 7) is 12.7. The van der Waals surface area contributed by atoms with Crippen LogP contribution in [0.25, 0.3) is 0 Å². The molecule has 1 heterocycles. The minimum absolute atomic E-state index is 0.0669. The molecule has 0 aromatic carbocycles. The monoisotopic (exact) mass is 552 g/mol. The van der Waals surface area contributed by atoms with Gasteiger partial charge in [0, 0.05) is 12.7 Å². The standard InChI is InChI=1S/C26H48O12/c1-2-25(27)36-23-21-34-19-17-32-15-13-30-11-9-28-7-8-29-10-12-31-14-16-33-18-20-35-22-24-38-26-5-3-4-6-37-26/h2,26H,1,3-24H2. The number of esters is 1. The number of carbonyl (C=O) groups excluding carboxylic acids is 1. The Morgan fingerprint density at radius 1 is 0.579 bits per heavy atom. The molecule has 12 heteroatoms. The molecule has 0 aliphatic carbocycles. The van der Waals surface area contributed by atoms with E-state index in [9.17, 15) is 4.79 Å².